The SMILES string of the molecule is CN(C)CCNC1CC(C)(C)Oc2ccc(Cl)cc21. The molecule has 106 valence electrons. The average Bonchev–Trinajstić information content (AvgIpc) is 2.28. The van der Waals surface area contributed by atoms with Crippen LogP contribution in [0.2, 0.25) is 5.02 Å². The molecule has 19 heavy (non-hydrogen) atoms. The molecule has 1 aromatic rings. The van der Waals surface area contributed by atoms with Crippen LogP contribution in [0.5, 0.6) is 5.75 Å². The molecule has 1 heterocycles. The number of ether oxygens (including phenoxy) is 1. The second-order valence-electron chi connectivity index (χ2n) is 6.06. The minimum Gasteiger partial charge on any atom is -0.487 e. The first-order valence-corrected chi connectivity index (χ1v) is 7.12. The van der Waals surface area contributed by atoms with Crippen LogP contribution in [-0.2, 0) is 0 Å². The van der Waals surface area contributed by atoms with E-state index >= 15 is 0 Å². The molecule has 1 atom stereocenters. The highest BCUT2D eigenvalue weighted by Gasteiger charge is 2.33. The van der Waals surface area contributed by atoms with Crippen molar-refractivity contribution in [3.05, 3.63) is 28.8 Å². The summed E-state index contributed by atoms with van der Waals surface area (Å²) in [4.78, 5) is 2.18. The van der Waals surface area contributed by atoms with Gasteiger partial charge in [0.25, 0.3) is 0 Å². The Morgan fingerprint density at radius 1 is 1.42 bits per heavy atom. The number of nitrogens with one attached hydrogen (secondary N) is 1. The second kappa shape index (κ2) is 5.70. The molecule has 4 heteroatoms. The Morgan fingerprint density at radius 2 is 2.16 bits per heavy atom. The summed E-state index contributed by atoms with van der Waals surface area (Å²) in [6.45, 7) is 6.24. The van der Waals surface area contributed by atoms with Crippen LogP contribution >= 0.6 is 11.6 Å². The minimum absolute atomic E-state index is 0.142. The van der Waals surface area contributed by atoms with Gasteiger partial charge in [0.05, 0.1) is 0 Å². The molecule has 2 rings (SSSR count). The van der Waals surface area contributed by atoms with E-state index in [1.165, 1.54) is 5.56 Å². The molecule has 0 amide bonds. The summed E-state index contributed by atoms with van der Waals surface area (Å²) < 4.78 is 6.02. The Hall–Kier alpha value is -0.770. The van der Waals surface area contributed by atoms with Gasteiger partial charge in [-0.15, -0.1) is 0 Å². The van der Waals surface area contributed by atoms with E-state index in [0.29, 0.717) is 6.04 Å². The van der Waals surface area contributed by atoms with Crippen LogP contribution in [0.3, 0.4) is 0 Å². The maximum atomic E-state index is 6.11. The normalized spacial score (nSPS) is 21.1. The molecule has 1 unspecified atom stereocenters. The highest BCUT2D eigenvalue weighted by atomic mass is 35.5. The van der Waals surface area contributed by atoms with E-state index in [1.54, 1.807) is 0 Å². The molecule has 1 N–H and O–H groups in total. The fourth-order valence-electron chi connectivity index (χ4n) is 2.47. The molecular weight excluding hydrogens is 260 g/mol. The summed E-state index contributed by atoms with van der Waals surface area (Å²) in [5.41, 5.74) is 1.03. The van der Waals surface area contributed by atoms with Crippen LogP contribution in [0.15, 0.2) is 18.2 Å². The molecule has 0 fully saturated rings. The third kappa shape index (κ3) is 3.85. The Bertz CT molecular complexity index is 446. The van der Waals surface area contributed by atoms with E-state index in [2.05, 4.69) is 38.2 Å². The predicted molar refractivity (Wildman–Crippen MR) is 80.1 cm³/mol. The molecule has 0 aliphatic carbocycles. The van der Waals surface area contributed by atoms with Crippen molar-refractivity contribution in [3.63, 3.8) is 0 Å². The van der Waals surface area contributed by atoms with Crippen LogP contribution in [0.4, 0.5) is 0 Å². The molecular formula is C15H23ClN2O. The number of halogens is 1. The van der Waals surface area contributed by atoms with Crippen LogP contribution in [0.1, 0.15) is 31.9 Å². The number of nitrogens with zero attached hydrogens (tertiary/aromatic N) is 1. The zero-order valence-electron chi connectivity index (χ0n) is 12.2. The zero-order valence-corrected chi connectivity index (χ0v) is 12.9. The summed E-state index contributed by atoms with van der Waals surface area (Å²) in [6, 6.07) is 6.18. The van der Waals surface area contributed by atoms with Gasteiger partial charge in [0.15, 0.2) is 0 Å². The first-order chi connectivity index (χ1) is 8.87. The quantitative estimate of drug-likeness (QED) is 0.918. The van der Waals surface area contributed by atoms with Crippen molar-refractivity contribution in [2.45, 2.75) is 31.9 Å². The molecule has 0 bridgehead atoms. The van der Waals surface area contributed by atoms with Gasteiger partial charge in [0, 0.05) is 36.1 Å². The molecule has 1 aliphatic rings. The van der Waals surface area contributed by atoms with Crippen LogP contribution in [0.25, 0.3) is 0 Å². The Kier molecular flexibility index (Phi) is 4.39. The van der Waals surface area contributed by atoms with E-state index < -0.39 is 0 Å². The number of fused-ring (bicyclic) bond motifs is 1. The zero-order chi connectivity index (χ0) is 14.0. The topological polar surface area (TPSA) is 24.5 Å². The summed E-state index contributed by atoms with van der Waals surface area (Å²) in [5, 5.41) is 4.38. The smallest absolute Gasteiger partial charge is 0.124 e. The lowest BCUT2D eigenvalue weighted by Gasteiger charge is -2.38. The van der Waals surface area contributed by atoms with Crippen molar-refractivity contribution in [3.8, 4) is 5.75 Å². The van der Waals surface area contributed by atoms with Gasteiger partial charge in [-0.3, -0.25) is 0 Å². The van der Waals surface area contributed by atoms with Crippen LogP contribution < -0.4 is 10.1 Å². The van der Waals surface area contributed by atoms with Crippen molar-refractivity contribution in [1.29, 1.82) is 0 Å². The van der Waals surface area contributed by atoms with Crippen LogP contribution in [-0.4, -0.2) is 37.7 Å². The van der Waals surface area contributed by atoms with E-state index in [0.717, 1.165) is 30.3 Å². The molecule has 0 saturated heterocycles. The van der Waals surface area contributed by atoms with Crippen molar-refractivity contribution in [2.75, 3.05) is 27.2 Å². The first kappa shape index (κ1) is 14.6. The molecule has 3 nitrogen and oxygen atoms in total. The highest BCUT2D eigenvalue weighted by molar-refractivity contribution is 6.30. The largest absolute Gasteiger partial charge is 0.487 e. The molecule has 1 aliphatic heterocycles. The lowest BCUT2D eigenvalue weighted by atomic mass is 9.89. The van der Waals surface area contributed by atoms with Crippen molar-refractivity contribution in [1.82, 2.24) is 10.2 Å². The fourth-order valence-corrected chi connectivity index (χ4v) is 2.65. The Balaban J connectivity index is 2.16. The van der Waals surface area contributed by atoms with Crippen molar-refractivity contribution >= 4 is 11.6 Å². The van der Waals surface area contributed by atoms with Gasteiger partial charge in [-0.25, -0.2) is 0 Å². The van der Waals surface area contributed by atoms with E-state index in [4.69, 9.17) is 16.3 Å². The highest BCUT2D eigenvalue weighted by Crippen LogP contribution is 2.40. The van der Waals surface area contributed by atoms with E-state index in [-0.39, 0.29) is 5.60 Å². The molecule has 0 spiro atoms. The lowest BCUT2D eigenvalue weighted by Crippen LogP contribution is -2.41. The maximum Gasteiger partial charge on any atom is 0.124 e. The molecule has 1 aromatic carbocycles. The molecule has 0 aromatic heterocycles. The molecule has 0 saturated carbocycles. The monoisotopic (exact) mass is 282 g/mol. The lowest BCUT2D eigenvalue weighted by molar-refractivity contribution is 0.0658. The summed E-state index contributed by atoms with van der Waals surface area (Å²) in [6.07, 6.45) is 0.952. The van der Waals surface area contributed by atoms with Gasteiger partial charge in [0.2, 0.25) is 0 Å². The Labute approximate surface area is 120 Å². The van der Waals surface area contributed by atoms with Gasteiger partial charge in [-0.05, 0) is 46.1 Å². The predicted octanol–water partition coefficient (Wildman–Crippen LogP) is 3.09. The third-order valence-electron chi connectivity index (χ3n) is 3.38. The van der Waals surface area contributed by atoms with E-state index in [9.17, 15) is 0 Å². The fraction of sp³-hybridized carbons (Fsp3) is 0.600. The van der Waals surface area contributed by atoms with Crippen molar-refractivity contribution < 1.29 is 4.74 Å². The minimum atomic E-state index is -0.142. The number of hydrogen-bond acceptors (Lipinski definition) is 3. The standard InChI is InChI=1S/C15H23ClN2O/c1-15(2)10-13(17-7-8-18(3)4)12-9-11(16)5-6-14(12)19-15/h5-6,9,13,17H,7-8,10H2,1-4H3. The number of hydrogen-bond donors (Lipinski definition) is 1. The molecule has 0 radical (unpaired) electrons. The second-order valence-corrected chi connectivity index (χ2v) is 6.49. The average molecular weight is 283 g/mol. The van der Waals surface area contributed by atoms with Gasteiger partial charge in [0.1, 0.15) is 11.4 Å². The van der Waals surface area contributed by atoms with Crippen LogP contribution in [0, 0.1) is 0 Å². The summed E-state index contributed by atoms with van der Waals surface area (Å²) in [7, 11) is 4.17. The van der Waals surface area contributed by atoms with Gasteiger partial charge >= 0.3 is 0 Å². The van der Waals surface area contributed by atoms with Gasteiger partial charge in [-0.1, -0.05) is 11.6 Å². The maximum absolute atomic E-state index is 6.11. The van der Waals surface area contributed by atoms with Gasteiger partial charge < -0.3 is 15.0 Å². The summed E-state index contributed by atoms with van der Waals surface area (Å²) >= 11 is 6.11. The number of likely N-dealkylation sites (N-methyl/N-ethyl adjacent to an activating group) is 1. The van der Waals surface area contributed by atoms with E-state index in [1.807, 2.05) is 18.2 Å². The van der Waals surface area contributed by atoms with Gasteiger partial charge in [-0.2, -0.15) is 0 Å². The number of rotatable bonds is 4. The summed E-state index contributed by atoms with van der Waals surface area (Å²) in [5.74, 6) is 0.947. The first-order valence-electron chi connectivity index (χ1n) is 6.74. The van der Waals surface area contributed by atoms with Crippen molar-refractivity contribution in [2.24, 2.45) is 0 Å². The third-order valence-corrected chi connectivity index (χ3v) is 3.61. The number of benzene rings is 1. The Morgan fingerprint density at radius 3 is 2.84 bits per heavy atom.